The lowest BCUT2D eigenvalue weighted by atomic mass is 10.0. The summed E-state index contributed by atoms with van der Waals surface area (Å²) in [5.41, 5.74) is 1.77. The van der Waals surface area contributed by atoms with E-state index < -0.39 is 0 Å². The Bertz CT molecular complexity index is 973. The molecule has 166 valence electrons. The zero-order chi connectivity index (χ0) is 22.5. The number of unbranched alkanes of at least 4 members (excludes halogenated alkanes) is 1. The summed E-state index contributed by atoms with van der Waals surface area (Å²) >= 11 is 0. The predicted molar refractivity (Wildman–Crippen MR) is 118 cm³/mol. The molecular weight excluding hydrogens is 398 g/mol. The van der Waals surface area contributed by atoms with E-state index in [9.17, 15) is 9.90 Å². The number of ketones is 1. The molecule has 1 aliphatic rings. The molecular formula is C24H30NO6+. The number of aromatic hydroxyl groups is 1. The van der Waals surface area contributed by atoms with Crippen LogP contribution in [0.5, 0.6) is 28.7 Å². The summed E-state index contributed by atoms with van der Waals surface area (Å²) in [4.78, 5) is 14.2. The van der Waals surface area contributed by atoms with Crippen molar-refractivity contribution in [3.8, 4) is 28.7 Å². The van der Waals surface area contributed by atoms with Gasteiger partial charge in [-0.25, -0.2) is 0 Å². The number of allylic oxidation sites excluding steroid dienone is 1. The molecule has 0 saturated heterocycles. The van der Waals surface area contributed by atoms with Crippen LogP contribution in [-0.4, -0.2) is 45.8 Å². The zero-order valence-corrected chi connectivity index (χ0v) is 18.7. The summed E-state index contributed by atoms with van der Waals surface area (Å²) in [6.45, 7) is 3.69. The molecule has 0 bridgehead atoms. The molecule has 0 aliphatic carbocycles. The number of nitrogens with one attached hydrogen (secondary N) is 1. The van der Waals surface area contributed by atoms with Crippen LogP contribution in [0.25, 0.3) is 6.08 Å². The van der Waals surface area contributed by atoms with Crippen molar-refractivity contribution in [1.29, 1.82) is 0 Å². The number of quaternary nitrogens is 1. The Morgan fingerprint density at radius 2 is 1.77 bits per heavy atom. The quantitative estimate of drug-likeness (QED) is 0.598. The highest BCUT2D eigenvalue weighted by atomic mass is 16.5. The zero-order valence-electron chi connectivity index (χ0n) is 18.7. The molecule has 2 aromatic rings. The van der Waals surface area contributed by atoms with Gasteiger partial charge in [-0.15, -0.1) is 0 Å². The number of carbonyl (C=O) groups is 1. The molecule has 1 aliphatic heterocycles. The topological polar surface area (TPSA) is 78.7 Å². The summed E-state index contributed by atoms with van der Waals surface area (Å²) in [6.07, 6.45) is 3.84. The van der Waals surface area contributed by atoms with Crippen molar-refractivity contribution < 1.29 is 33.7 Å². The summed E-state index contributed by atoms with van der Waals surface area (Å²) in [7, 11) is 6.67. The van der Waals surface area contributed by atoms with Crippen LogP contribution < -0.4 is 23.8 Å². The molecule has 0 saturated carbocycles. The van der Waals surface area contributed by atoms with E-state index in [1.807, 2.05) is 0 Å². The Morgan fingerprint density at radius 1 is 1.10 bits per heavy atom. The number of fused-ring (bicyclic) bond motifs is 1. The van der Waals surface area contributed by atoms with Gasteiger partial charge in [-0.1, -0.05) is 13.3 Å². The van der Waals surface area contributed by atoms with Crippen LogP contribution in [0.1, 0.15) is 41.3 Å². The van der Waals surface area contributed by atoms with Crippen molar-refractivity contribution in [3.05, 3.63) is 46.7 Å². The third kappa shape index (κ3) is 4.61. The van der Waals surface area contributed by atoms with Gasteiger partial charge < -0.3 is 29.0 Å². The number of phenols is 1. The van der Waals surface area contributed by atoms with Crippen LogP contribution in [0.3, 0.4) is 0 Å². The van der Waals surface area contributed by atoms with E-state index in [1.54, 1.807) is 30.3 Å². The molecule has 0 amide bonds. The van der Waals surface area contributed by atoms with Crippen LogP contribution in [0.15, 0.2) is 30.0 Å². The molecule has 1 heterocycles. The van der Waals surface area contributed by atoms with Gasteiger partial charge in [0.25, 0.3) is 0 Å². The number of methoxy groups -OCH3 is 3. The summed E-state index contributed by atoms with van der Waals surface area (Å²) in [5.74, 6) is 1.96. The largest absolute Gasteiger partial charge is 0.507 e. The second kappa shape index (κ2) is 9.75. The minimum Gasteiger partial charge on any atom is -0.507 e. The molecule has 0 aromatic heterocycles. The molecule has 7 heteroatoms. The van der Waals surface area contributed by atoms with E-state index in [2.05, 4.69) is 14.0 Å². The highest BCUT2D eigenvalue weighted by Gasteiger charge is 2.32. The fourth-order valence-electron chi connectivity index (χ4n) is 3.67. The molecule has 2 aromatic carbocycles. The number of ether oxygens (including phenoxy) is 4. The van der Waals surface area contributed by atoms with E-state index in [-0.39, 0.29) is 17.3 Å². The Labute approximate surface area is 182 Å². The highest BCUT2D eigenvalue weighted by Crippen LogP contribution is 2.41. The predicted octanol–water partition coefficient (Wildman–Crippen LogP) is 2.85. The first-order valence-electron chi connectivity index (χ1n) is 10.3. The van der Waals surface area contributed by atoms with E-state index in [0.717, 1.165) is 19.4 Å². The second-order valence-electron chi connectivity index (χ2n) is 7.58. The summed E-state index contributed by atoms with van der Waals surface area (Å²) in [6, 6.07) is 6.66. The molecule has 7 nitrogen and oxygen atoms in total. The molecule has 31 heavy (non-hydrogen) atoms. The van der Waals surface area contributed by atoms with Crippen LogP contribution in [0.2, 0.25) is 0 Å². The third-order valence-electron chi connectivity index (χ3n) is 5.34. The normalized spacial score (nSPS) is 14.9. The van der Waals surface area contributed by atoms with Crippen molar-refractivity contribution in [2.75, 3.05) is 34.9 Å². The van der Waals surface area contributed by atoms with Crippen LogP contribution in [0.4, 0.5) is 0 Å². The first-order chi connectivity index (χ1) is 14.9. The highest BCUT2D eigenvalue weighted by molar-refractivity contribution is 6.15. The van der Waals surface area contributed by atoms with Crippen LogP contribution in [0, 0.1) is 0 Å². The number of benzene rings is 2. The second-order valence-corrected chi connectivity index (χ2v) is 7.58. The third-order valence-corrected chi connectivity index (χ3v) is 5.34. The van der Waals surface area contributed by atoms with Crippen molar-refractivity contribution >= 4 is 11.9 Å². The lowest BCUT2D eigenvalue weighted by molar-refractivity contribution is -0.894. The molecule has 1 unspecified atom stereocenters. The number of rotatable bonds is 9. The maximum absolute atomic E-state index is 13.0. The lowest BCUT2D eigenvalue weighted by Crippen LogP contribution is -3.07. The smallest absolute Gasteiger partial charge is 0.231 e. The van der Waals surface area contributed by atoms with Crippen molar-refractivity contribution in [3.63, 3.8) is 0 Å². The van der Waals surface area contributed by atoms with Gasteiger partial charge >= 0.3 is 0 Å². The number of hydrogen-bond donors (Lipinski definition) is 2. The Kier molecular flexibility index (Phi) is 7.07. The SMILES string of the molecule is CCCC[NH+](C)Cc1c(O)ccc2c1OC(=Cc1cc(OC)c(OC)c(OC)c1)C2=O. The van der Waals surface area contributed by atoms with E-state index in [0.29, 0.717) is 46.2 Å². The van der Waals surface area contributed by atoms with Gasteiger partial charge in [0.15, 0.2) is 23.0 Å². The summed E-state index contributed by atoms with van der Waals surface area (Å²) < 4.78 is 22.1. The van der Waals surface area contributed by atoms with E-state index in [4.69, 9.17) is 18.9 Å². The molecule has 2 N–H and O–H groups in total. The fraction of sp³-hybridized carbons (Fsp3) is 0.375. The number of Topliss-reactive ketones (excluding diaryl/α,β-unsaturated/α-hetero) is 1. The molecule has 0 spiro atoms. The monoisotopic (exact) mass is 428 g/mol. The minimum atomic E-state index is -0.226. The van der Waals surface area contributed by atoms with Crippen LogP contribution in [-0.2, 0) is 6.54 Å². The van der Waals surface area contributed by atoms with Gasteiger partial charge in [0.2, 0.25) is 11.5 Å². The lowest BCUT2D eigenvalue weighted by Gasteiger charge is -2.16. The van der Waals surface area contributed by atoms with Gasteiger partial charge in [-0.3, -0.25) is 4.79 Å². The first-order valence-corrected chi connectivity index (χ1v) is 10.3. The molecule has 3 rings (SSSR count). The average Bonchev–Trinajstić information content (AvgIpc) is 3.08. The van der Waals surface area contributed by atoms with Gasteiger partial charge in [0, 0.05) is 0 Å². The Morgan fingerprint density at radius 3 is 2.35 bits per heavy atom. The van der Waals surface area contributed by atoms with Gasteiger partial charge in [0.1, 0.15) is 12.3 Å². The maximum atomic E-state index is 13.0. The van der Waals surface area contributed by atoms with Crippen LogP contribution >= 0.6 is 0 Å². The Balaban J connectivity index is 1.96. The summed E-state index contributed by atoms with van der Waals surface area (Å²) in [5, 5.41) is 10.4. The first kappa shape index (κ1) is 22.5. The fourth-order valence-corrected chi connectivity index (χ4v) is 3.67. The van der Waals surface area contributed by atoms with Gasteiger partial charge in [-0.05, 0) is 42.3 Å². The van der Waals surface area contributed by atoms with Crippen molar-refractivity contribution in [2.24, 2.45) is 0 Å². The van der Waals surface area contributed by atoms with Gasteiger partial charge in [-0.2, -0.15) is 0 Å². The minimum absolute atomic E-state index is 0.136. The van der Waals surface area contributed by atoms with Gasteiger partial charge in [0.05, 0.1) is 46.0 Å². The van der Waals surface area contributed by atoms with Crippen molar-refractivity contribution in [2.45, 2.75) is 26.3 Å². The van der Waals surface area contributed by atoms with E-state index >= 15 is 0 Å². The maximum Gasteiger partial charge on any atom is 0.231 e. The number of hydrogen-bond acceptors (Lipinski definition) is 6. The molecule has 1 atom stereocenters. The van der Waals surface area contributed by atoms with E-state index in [1.165, 1.54) is 26.2 Å². The Hall–Kier alpha value is -3.19. The molecule has 0 fully saturated rings. The average molecular weight is 429 g/mol. The van der Waals surface area contributed by atoms with Crippen molar-refractivity contribution in [1.82, 2.24) is 0 Å². The standard InChI is InChI=1S/C24H29NO6/c1-6-7-10-25(2)14-17-18(26)9-8-16-22(27)19(31-23(16)17)11-15-12-20(28-3)24(30-5)21(13-15)29-4/h8-9,11-13,26H,6-7,10,14H2,1-5H3/p+1. The number of phenolic OH excluding ortho intramolecular Hbond substituents is 1. The number of carbonyl (C=O) groups excluding carboxylic acids is 1. The molecule has 0 radical (unpaired) electrons.